The van der Waals surface area contributed by atoms with Crippen LogP contribution < -0.4 is 14.1 Å². The molecule has 0 bridgehead atoms. The Labute approximate surface area is 249 Å². The van der Waals surface area contributed by atoms with Crippen LogP contribution in [0.25, 0.3) is 5.57 Å². The third-order valence-corrected chi connectivity index (χ3v) is 14.5. The molecule has 1 unspecified atom stereocenters. The second-order valence-electron chi connectivity index (χ2n) is 11.9. The number of carbonyl (C=O) groups is 2. The Hall–Kier alpha value is -3.63. The van der Waals surface area contributed by atoms with Gasteiger partial charge in [0, 0.05) is 24.2 Å². The van der Waals surface area contributed by atoms with Crippen molar-refractivity contribution in [2.45, 2.75) is 83.8 Å². The predicted molar refractivity (Wildman–Crippen MR) is 166 cm³/mol. The molecule has 226 valence electrons. The maximum Gasteiger partial charge on any atom is 0.416 e. The molecule has 0 radical (unpaired) electrons. The van der Waals surface area contributed by atoms with Crippen molar-refractivity contribution in [3.8, 4) is 11.5 Å². The summed E-state index contributed by atoms with van der Waals surface area (Å²) in [6.45, 7) is 18.5. The van der Waals surface area contributed by atoms with Gasteiger partial charge in [-0.2, -0.15) is 0 Å². The molecule has 9 nitrogen and oxygen atoms in total. The van der Waals surface area contributed by atoms with Crippen LogP contribution in [0.1, 0.15) is 69.6 Å². The van der Waals surface area contributed by atoms with Crippen molar-refractivity contribution in [3.05, 3.63) is 66.1 Å². The van der Waals surface area contributed by atoms with Crippen molar-refractivity contribution in [2.75, 3.05) is 18.6 Å². The fourth-order valence-corrected chi connectivity index (χ4v) is 11.8. The molecule has 0 saturated carbocycles. The molecule has 2 amide bonds. The first-order valence-electron chi connectivity index (χ1n) is 14.5. The van der Waals surface area contributed by atoms with Crippen LogP contribution in [0.15, 0.2) is 49.3 Å². The second kappa shape index (κ2) is 12.3. The highest BCUT2D eigenvalue weighted by molar-refractivity contribution is 6.78. The Morgan fingerprint density at radius 1 is 1.14 bits per heavy atom. The maximum atomic E-state index is 14.1. The van der Waals surface area contributed by atoms with Gasteiger partial charge in [0.1, 0.15) is 12.4 Å². The van der Waals surface area contributed by atoms with Crippen LogP contribution in [0.5, 0.6) is 11.5 Å². The van der Waals surface area contributed by atoms with E-state index in [1.54, 1.807) is 24.5 Å². The third-order valence-electron chi connectivity index (χ3n) is 8.49. The lowest BCUT2D eigenvalue weighted by molar-refractivity contribution is 0.0559. The Morgan fingerprint density at radius 2 is 1.81 bits per heavy atom. The number of aromatic nitrogens is 1. The molecular formula is C32H43N3O6Si. The highest BCUT2D eigenvalue weighted by Gasteiger charge is 2.49. The monoisotopic (exact) mass is 593 g/mol. The van der Waals surface area contributed by atoms with Crippen molar-refractivity contribution in [3.63, 3.8) is 0 Å². The largest absolute Gasteiger partial charge is 0.540 e. The number of nitrogens with zero attached hydrogens (tertiary/aromatic N) is 3. The number of aliphatic hydroxyl groups is 1. The first-order valence-corrected chi connectivity index (χ1v) is 16.6. The van der Waals surface area contributed by atoms with E-state index < -0.39 is 26.7 Å². The van der Waals surface area contributed by atoms with Gasteiger partial charge in [-0.15, -0.1) is 0 Å². The van der Waals surface area contributed by atoms with Crippen molar-refractivity contribution < 1.29 is 28.6 Å². The van der Waals surface area contributed by atoms with Gasteiger partial charge in [0.05, 0.1) is 24.4 Å². The van der Waals surface area contributed by atoms with E-state index in [9.17, 15) is 14.7 Å². The number of rotatable bonds is 9. The Morgan fingerprint density at radius 3 is 2.36 bits per heavy atom. The summed E-state index contributed by atoms with van der Waals surface area (Å²) in [6.07, 6.45) is 3.06. The molecule has 0 aliphatic carbocycles. The van der Waals surface area contributed by atoms with Gasteiger partial charge in [-0.05, 0) is 53.2 Å². The number of hydrogen-bond acceptors (Lipinski definition) is 7. The summed E-state index contributed by atoms with van der Waals surface area (Å²) in [5.74, 6) is 0.456. The molecule has 2 atom stereocenters. The quantitative estimate of drug-likeness (QED) is 0.256. The summed E-state index contributed by atoms with van der Waals surface area (Å²) >= 11 is 0. The molecule has 0 fully saturated rings. The van der Waals surface area contributed by atoms with Crippen molar-refractivity contribution >= 4 is 31.6 Å². The molecule has 2 aliphatic heterocycles. The smallest absolute Gasteiger partial charge is 0.416 e. The van der Waals surface area contributed by atoms with Crippen LogP contribution in [-0.2, 0) is 4.74 Å². The number of methoxy groups -OCH3 is 1. The van der Waals surface area contributed by atoms with E-state index >= 15 is 0 Å². The van der Waals surface area contributed by atoms with E-state index in [-0.39, 0.29) is 40.4 Å². The van der Waals surface area contributed by atoms with Gasteiger partial charge >= 0.3 is 6.09 Å². The summed E-state index contributed by atoms with van der Waals surface area (Å²) in [4.78, 5) is 34.7. The zero-order valence-corrected chi connectivity index (χ0v) is 26.9. The predicted octanol–water partition coefficient (Wildman–Crippen LogP) is 6.67. The normalized spacial score (nSPS) is 18.6. The van der Waals surface area contributed by atoms with E-state index in [1.165, 1.54) is 18.1 Å². The van der Waals surface area contributed by atoms with Crippen LogP contribution in [0, 0.1) is 6.92 Å². The Balaban J connectivity index is 1.89. The zero-order valence-electron chi connectivity index (χ0n) is 25.9. The molecule has 3 heterocycles. The fourth-order valence-electron chi connectivity index (χ4n) is 6.51. The first-order chi connectivity index (χ1) is 19.9. The summed E-state index contributed by atoms with van der Waals surface area (Å²) in [7, 11) is -0.920. The average molecular weight is 594 g/mol. The van der Waals surface area contributed by atoms with Crippen LogP contribution in [0.4, 0.5) is 10.5 Å². The first kappa shape index (κ1) is 31.3. The fraction of sp³-hybridized carbons (Fsp3) is 0.469. The van der Waals surface area contributed by atoms with E-state index in [1.807, 2.05) is 19.1 Å². The maximum absolute atomic E-state index is 14.1. The molecular weight excluding hydrogens is 550 g/mol. The highest BCUT2D eigenvalue weighted by Crippen LogP contribution is 2.48. The summed E-state index contributed by atoms with van der Waals surface area (Å²) in [6, 6.07) is 6.34. The Kier molecular flexibility index (Phi) is 9.17. The summed E-state index contributed by atoms with van der Waals surface area (Å²) in [5.41, 5.74) is 3.76. The lowest BCUT2D eigenvalue weighted by atomic mass is 10.0. The molecule has 1 N–H and O–H groups in total. The van der Waals surface area contributed by atoms with Gasteiger partial charge in [0.25, 0.3) is 14.2 Å². The van der Waals surface area contributed by atoms with Crippen LogP contribution in [0.3, 0.4) is 0 Å². The number of anilines is 1. The topological polar surface area (TPSA) is 101 Å². The van der Waals surface area contributed by atoms with Gasteiger partial charge < -0.3 is 23.9 Å². The standard InChI is InChI=1S/C32H43N3O6Si/c1-10-13-40-32(38)35-26-16-29(41-42(19(2)3,20(4)5)21(6)7)28(39-9)15-25(26)30(36)34-18-24(14-27(34)31(35)37)23-12-11-22(8)33-17-23/h10-12,15-21,27,31,37H,1,13-14H2,2-9H3/t27-,31?/m0/s1. The van der Waals surface area contributed by atoms with Crippen molar-refractivity contribution in [1.29, 1.82) is 0 Å². The van der Waals surface area contributed by atoms with E-state index in [0.717, 1.165) is 21.7 Å². The molecule has 10 heteroatoms. The van der Waals surface area contributed by atoms with Crippen molar-refractivity contribution in [1.82, 2.24) is 9.88 Å². The molecule has 1 aromatic heterocycles. The third kappa shape index (κ3) is 5.45. The highest BCUT2D eigenvalue weighted by atomic mass is 28.4. The van der Waals surface area contributed by atoms with Gasteiger partial charge in [-0.25, -0.2) is 9.69 Å². The van der Waals surface area contributed by atoms with Crippen LogP contribution in [0.2, 0.25) is 16.6 Å². The number of ether oxygens (including phenoxy) is 2. The number of pyridine rings is 1. The molecule has 1 aromatic carbocycles. The zero-order chi connectivity index (χ0) is 30.9. The number of hydrogen-bond donors (Lipinski definition) is 1. The van der Waals surface area contributed by atoms with Gasteiger partial charge in [-0.1, -0.05) is 60.3 Å². The Bertz CT molecular complexity index is 1350. The molecule has 2 aliphatic rings. The number of aryl methyl sites for hydroxylation is 1. The van der Waals surface area contributed by atoms with Gasteiger partial charge in [0.15, 0.2) is 12.0 Å². The number of carbonyl (C=O) groups excluding carboxylic acids is 2. The SMILES string of the molecule is C=CCOC(=O)N1c2cc(O[Si](C(C)C)(C(C)C)C(C)C)c(OC)cc2C(=O)N2C=C(c3ccc(C)nc3)C[C@H]2C1O. The lowest BCUT2D eigenvalue weighted by Gasteiger charge is -2.42. The second-order valence-corrected chi connectivity index (χ2v) is 17.3. The molecule has 0 saturated heterocycles. The van der Waals surface area contributed by atoms with Crippen LogP contribution in [-0.4, -0.2) is 61.3 Å². The van der Waals surface area contributed by atoms with Gasteiger partial charge in [0.2, 0.25) is 0 Å². The van der Waals surface area contributed by atoms with E-state index in [2.05, 4.69) is 53.1 Å². The van der Waals surface area contributed by atoms with E-state index in [0.29, 0.717) is 17.9 Å². The molecule has 0 spiro atoms. The number of aliphatic hydroxyl groups excluding tert-OH is 1. The number of amides is 2. The molecule has 2 aromatic rings. The van der Waals surface area contributed by atoms with Crippen LogP contribution >= 0.6 is 0 Å². The number of fused-ring (bicyclic) bond motifs is 2. The van der Waals surface area contributed by atoms with Gasteiger partial charge in [-0.3, -0.25) is 9.78 Å². The summed E-state index contributed by atoms with van der Waals surface area (Å²) in [5, 5.41) is 11.8. The minimum Gasteiger partial charge on any atom is -0.540 e. The average Bonchev–Trinajstić information content (AvgIpc) is 3.37. The molecule has 42 heavy (non-hydrogen) atoms. The van der Waals surface area contributed by atoms with E-state index in [4.69, 9.17) is 13.9 Å². The summed E-state index contributed by atoms with van der Waals surface area (Å²) < 4.78 is 18.2. The lowest BCUT2D eigenvalue weighted by Crippen LogP contribution is -2.51. The van der Waals surface area contributed by atoms with Crippen molar-refractivity contribution in [2.24, 2.45) is 0 Å². The minimum atomic E-state index is -2.45. The molecule has 4 rings (SSSR count). The minimum absolute atomic E-state index is 0.0537. The number of benzene rings is 1.